The Morgan fingerprint density at radius 1 is 0.938 bits per heavy atom. The number of aryl methyl sites for hydroxylation is 2. The molecule has 2 aliphatic rings. The second-order valence-corrected chi connectivity index (χ2v) is 8.90. The third-order valence-corrected chi connectivity index (χ3v) is 6.80. The Bertz CT molecular complexity index is 1120. The van der Waals surface area contributed by atoms with Gasteiger partial charge >= 0.3 is 0 Å². The van der Waals surface area contributed by atoms with E-state index in [0.29, 0.717) is 11.8 Å². The van der Waals surface area contributed by atoms with Crippen LogP contribution in [0.2, 0.25) is 0 Å². The van der Waals surface area contributed by atoms with Crippen molar-refractivity contribution in [3.05, 3.63) is 94.5 Å². The molecule has 3 aromatic carbocycles. The topological polar surface area (TPSA) is 45.5 Å². The molecule has 0 N–H and O–H groups in total. The first-order valence-electron chi connectivity index (χ1n) is 11.3. The summed E-state index contributed by atoms with van der Waals surface area (Å²) in [5.41, 5.74) is 5.97. The molecule has 2 aliphatic heterocycles. The van der Waals surface area contributed by atoms with Crippen LogP contribution in [0.3, 0.4) is 0 Å². The molecule has 0 saturated carbocycles. The van der Waals surface area contributed by atoms with Gasteiger partial charge in [0.25, 0.3) is 0 Å². The lowest BCUT2D eigenvalue weighted by molar-refractivity contribution is 0.212. The molecule has 32 heavy (non-hydrogen) atoms. The van der Waals surface area contributed by atoms with E-state index in [9.17, 15) is 5.26 Å². The van der Waals surface area contributed by atoms with Crippen molar-refractivity contribution in [2.45, 2.75) is 25.3 Å². The molecule has 0 spiro atoms. The molecule has 5 rings (SSSR count). The molecule has 1 fully saturated rings. The van der Waals surface area contributed by atoms with Crippen LogP contribution in [0.15, 0.2) is 66.7 Å². The summed E-state index contributed by atoms with van der Waals surface area (Å²) in [5.74, 6) is 2.81. The van der Waals surface area contributed by atoms with E-state index in [2.05, 4.69) is 47.4 Å². The van der Waals surface area contributed by atoms with Gasteiger partial charge in [-0.05, 0) is 59.9 Å². The summed E-state index contributed by atoms with van der Waals surface area (Å²) < 4.78 is 11.2. The van der Waals surface area contributed by atoms with Gasteiger partial charge in [0.15, 0.2) is 0 Å². The number of nitriles is 1. The normalized spacial score (nSPS) is 19.5. The van der Waals surface area contributed by atoms with Crippen LogP contribution in [0.5, 0.6) is 11.5 Å². The Balaban J connectivity index is 1.18. The molecule has 1 saturated heterocycles. The minimum Gasteiger partial charge on any atom is -0.497 e. The molecule has 0 bridgehead atoms. The van der Waals surface area contributed by atoms with E-state index in [4.69, 9.17) is 9.47 Å². The fourth-order valence-corrected chi connectivity index (χ4v) is 5.00. The van der Waals surface area contributed by atoms with Crippen molar-refractivity contribution < 1.29 is 9.47 Å². The number of hydrogen-bond acceptors (Lipinski definition) is 4. The summed E-state index contributed by atoms with van der Waals surface area (Å²) in [6.07, 6.45) is 2.07. The third kappa shape index (κ3) is 4.35. The first-order chi connectivity index (χ1) is 15.7. The van der Waals surface area contributed by atoms with Crippen LogP contribution in [0.25, 0.3) is 0 Å². The third-order valence-electron chi connectivity index (χ3n) is 6.80. The lowest BCUT2D eigenvalue weighted by Crippen LogP contribution is -2.25. The molecule has 2 heterocycles. The quantitative estimate of drug-likeness (QED) is 0.561. The largest absolute Gasteiger partial charge is 0.497 e. The zero-order chi connectivity index (χ0) is 21.9. The average Bonchev–Trinajstić information content (AvgIpc) is 3.26. The second kappa shape index (κ2) is 9.06. The Hall–Kier alpha value is -3.29. The van der Waals surface area contributed by atoms with Crippen LogP contribution in [-0.2, 0) is 19.4 Å². The van der Waals surface area contributed by atoms with Gasteiger partial charge in [-0.25, -0.2) is 0 Å². The molecular formula is C28H28N2O2. The van der Waals surface area contributed by atoms with Crippen LogP contribution in [0.1, 0.15) is 33.7 Å². The van der Waals surface area contributed by atoms with Crippen molar-refractivity contribution in [2.75, 3.05) is 26.8 Å². The number of fused-ring (bicyclic) bond motifs is 3. The molecule has 4 heteroatoms. The molecule has 3 aromatic rings. The summed E-state index contributed by atoms with van der Waals surface area (Å²) in [4.78, 5) is 2.53. The molecule has 2 unspecified atom stereocenters. The predicted molar refractivity (Wildman–Crippen MR) is 125 cm³/mol. The minimum absolute atomic E-state index is 0.454. The van der Waals surface area contributed by atoms with Crippen molar-refractivity contribution in [2.24, 2.45) is 5.92 Å². The van der Waals surface area contributed by atoms with Gasteiger partial charge in [-0.3, -0.25) is 4.90 Å². The van der Waals surface area contributed by atoms with Crippen molar-refractivity contribution in [3.8, 4) is 17.6 Å². The van der Waals surface area contributed by atoms with Crippen molar-refractivity contribution in [1.29, 1.82) is 5.26 Å². The Labute approximate surface area is 190 Å². The summed E-state index contributed by atoms with van der Waals surface area (Å²) in [5, 5.41) is 9.27. The highest BCUT2D eigenvalue weighted by molar-refractivity contribution is 5.46. The van der Waals surface area contributed by atoms with Gasteiger partial charge < -0.3 is 9.47 Å². The molecular weight excluding hydrogens is 396 g/mol. The van der Waals surface area contributed by atoms with Crippen LogP contribution < -0.4 is 9.47 Å². The van der Waals surface area contributed by atoms with Crippen molar-refractivity contribution in [1.82, 2.24) is 4.90 Å². The molecule has 0 radical (unpaired) electrons. The maximum absolute atomic E-state index is 9.27. The highest BCUT2D eigenvalue weighted by Crippen LogP contribution is 2.42. The highest BCUT2D eigenvalue weighted by atomic mass is 16.5. The smallest absolute Gasteiger partial charge is 0.122 e. The van der Waals surface area contributed by atoms with Crippen LogP contribution >= 0.6 is 0 Å². The van der Waals surface area contributed by atoms with Gasteiger partial charge in [0.05, 0.1) is 25.3 Å². The highest BCUT2D eigenvalue weighted by Gasteiger charge is 2.38. The van der Waals surface area contributed by atoms with Gasteiger partial charge in [-0.15, -0.1) is 0 Å². The standard InChI is InChI=1S/C28H28N2O2/c1-31-25-11-8-21(9-12-25)3-2-20-4-6-22(7-5-20)16-30-17-24-19-32-28-13-10-23(15-29)14-26(28)27(24)18-30/h4-14,24,27H,2-3,16-19H2,1H3. The van der Waals surface area contributed by atoms with E-state index in [1.165, 1.54) is 22.3 Å². The van der Waals surface area contributed by atoms with Gasteiger partial charge in [-0.1, -0.05) is 36.4 Å². The SMILES string of the molecule is COc1ccc(CCc2ccc(CN3CC4COc5ccc(C#N)cc5C4C3)cc2)cc1. The Morgan fingerprint density at radius 2 is 1.62 bits per heavy atom. The number of benzene rings is 3. The molecule has 2 atom stereocenters. The number of nitrogens with zero attached hydrogens (tertiary/aromatic N) is 2. The number of hydrogen-bond donors (Lipinski definition) is 0. The maximum atomic E-state index is 9.27. The number of ether oxygens (including phenoxy) is 2. The zero-order valence-corrected chi connectivity index (χ0v) is 18.5. The zero-order valence-electron chi connectivity index (χ0n) is 18.5. The molecule has 0 aromatic heterocycles. The Morgan fingerprint density at radius 3 is 2.31 bits per heavy atom. The van der Waals surface area contributed by atoms with E-state index >= 15 is 0 Å². The summed E-state index contributed by atoms with van der Waals surface area (Å²) in [6.45, 7) is 3.79. The number of likely N-dealkylation sites (tertiary alicyclic amines) is 1. The second-order valence-electron chi connectivity index (χ2n) is 8.90. The predicted octanol–water partition coefficient (Wildman–Crippen LogP) is 4.96. The first-order valence-corrected chi connectivity index (χ1v) is 11.3. The Kier molecular flexibility index (Phi) is 5.83. The molecule has 0 aliphatic carbocycles. The molecule has 162 valence electrons. The fraction of sp³-hybridized carbons (Fsp3) is 0.321. The van der Waals surface area contributed by atoms with E-state index in [1.54, 1.807) is 7.11 Å². The van der Waals surface area contributed by atoms with Crippen molar-refractivity contribution >= 4 is 0 Å². The van der Waals surface area contributed by atoms with Gasteiger partial charge in [0, 0.05) is 37.0 Å². The maximum Gasteiger partial charge on any atom is 0.122 e. The van der Waals surface area contributed by atoms with Crippen LogP contribution in [0.4, 0.5) is 0 Å². The van der Waals surface area contributed by atoms with Crippen LogP contribution in [0, 0.1) is 17.2 Å². The van der Waals surface area contributed by atoms with Gasteiger partial charge in [0.2, 0.25) is 0 Å². The lowest BCUT2D eigenvalue weighted by atomic mass is 9.86. The monoisotopic (exact) mass is 424 g/mol. The van der Waals surface area contributed by atoms with E-state index in [-0.39, 0.29) is 0 Å². The minimum atomic E-state index is 0.454. The fourth-order valence-electron chi connectivity index (χ4n) is 5.00. The van der Waals surface area contributed by atoms with E-state index in [0.717, 1.165) is 56.1 Å². The van der Waals surface area contributed by atoms with Crippen molar-refractivity contribution in [3.63, 3.8) is 0 Å². The summed E-state index contributed by atoms with van der Waals surface area (Å²) in [7, 11) is 1.70. The van der Waals surface area contributed by atoms with Gasteiger partial charge in [-0.2, -0.15) is 5.26 Å². The molecule has 0 amide bonds. The van der Waals surface area contributed by atoms with E-state index < -0.39 is 0 Å². The van der Waals surface area contributed by atoms with E-state index in [1.807, 2.05) is 30.3 Å². The van der Waals surface area contributed by atoms with Gasteiger partial charge in [0.1, 0.15) is 11.5 Å². The number of rotatable bonds is 6. The lowest BCUT2D eigenvalue weighted by Gasteiger charge is -2.27. The summed E-state index contributed by atoms with van der Waals surface area (Å²) in [6, 6.07) is 25.5. The first kappa shape index (κ1) is 20.6. The average molecular weight is 425 g/mol. The van der Waals surface area contributed by atoms with Crippen LogP contribution in [-0.4, -0.2) is 31.7 Å². The molecule has 4 nitrogen and oxygen atoms in total. The summed E-state index contributed by atoms with van der Waals surface area (Å²) >= 11 is 0. The number of methoxy groups -OCH3 is 1.